The number of hydrogen-bond donors (Lipinski definition) is 0. The Hall–Kier alpha value is -1.61. The molecule has 0 atom stereocenters. The summed E-state index contributed by atoms with van der Waals surface area (Å²) in [7, 11) is 0. The van der Waals surface area contributed by atoms with Gasteiger partial charge in [0.1, 0.15) is 0 Å². The Kier molecular flexibility index (Phi) is 4.21. The van der Waals surface area contributed by atoms with Crippen LogP contribution in [0.2, 0.25) is 0 Å². The molecule has 0 bridgehead atoms. The molecule has 1 aliphatic heterocycles. The van der Waals surface area contributed by atoms with Crippen molar-refractivity contribution in [3.05, 3.63) is 60.2 Å². The minimum atomic E-state index is -0.148. The molecule has 1 heterocycles. The van der Waals surface area contributed by atoms with E-state index in [1.807, 2.05) is 11.8 Å². The lowest BCUT2D eigenvalue weighted by Gasteiger charge is -2.33. The Morgan fingerprint density at radius 3 is 2.42 bits per heavy atom. The Balaban J connectivity index is 1.61. The molecule has 1 aromatic carbocycles. The Morgan fingerprint density at radius 1 is 1.00 bits per heavy atom. The van der Waals surface area contributed by atoms with Crippen molar-refractivity contribution in [2.45, 2.75) is 49.8 Å². The molecule has 0 N–H and O–H groups in total. The van der Waals surface area contributed by atoms with Crippen LogP contribution in [0.3, 0.4) is 0 Å². The zero-order chi connectivity index (χ0) is 16.5. The van der Waals surface area contributed by atoms with E-state index >= 15 is 0 Å². The fourth-order valence-corrected chi connectivity index (χ4v) is 5.43. The second kappa shape index (κ2) is 6.36. The maximum absolute atomic E-state index is 11.6. The van der Waals surface area contributed by atoms with Gasteiger partial charge in [0.2, 0.25) is 0 Å². The minimum Gasteiger partial charge on any atom is -0.290 e. The third-order valence-electron chi connectivity index (χ3n) is 5.45. The number of carbonyl (C=O) groups excluding carboxylic acids is 1. The summed E-state index contributed by atoms with van der Waals surface area (Å²) in [4.78, 5) is 16.9. The van der Waals surface area contributed by atoms with Crippen LogP contribution >= 0.6 is 11.8 Å². The fourth-order valence-electron chi connectivity index (χ4n) is 4.20. The van der Waals surface area contributed by atoms with Crippen molar-refractivity contribution in [2.75, 3.05) is 0 Å². The number of hydrogen-bond acceptors (Lipinski definition) is 3. The molecular formula is C21H23NOS. The molecule has 124 valence electrons. The number of carbonyl (C=O) groups is 1. The van der Waals surface area contributed by atoms with Gasteiger partial charge in [0, 0.05) is 5.75 Å². The average Bonchev–Trinajstić information content (AvgIpc) is 2.90. The number of aliphatic imine (C=N–C) groups is 1. The molecule has 1 saturated carbocycles. The summed E-state index contributed by atoms with van der Waals surface area (Å²) < 4.78 is 0. The molecule has 2 aliphatic carbocycles. The summed E-state index contributed by atoms with van der Waals surface area (Å²) in [6, 6.07) is 10.6. The van der Waals surface area contributed by atoms with Crippen LogP contribution in [0.15, 0.2) is 59.6 Å². The normalized spacial score (nSPS) is 23.8. The first-order chi connectivity index (χ1) is 11.7. The molecule has 3 aliphatic rings. The molecule has 0 radical (unpaired) electrons. The molecule has 0 unspecified atom stereocenters. The van der Waals surface area contributed by atoms with E-state index in [2.05, 4.69) is 42.5 Å². The van der Waals surface area contributed by atoms with E-state index in [-0.39, 0.29) is 16.7 Å². The molecule has 4 rings (SSSR count). The van der Waals surface area contributed by atoms with Gasteiger partial charge in [-0.1, -0.05) is 61.7 Å². The smallest absolute Gasteiger partial charge is 0.178 e. The highest BCUT2D eigenvalue weighted by atomic mass is 32.2. The third-order valence-corrected chi connectivity index (χ3v) is 6.67. The van der Waals surface area contributed by atoms with Crippen molar-refractivity contribution in [1.82, 2.24) is 0 Å². The minimum absolute atomic E-state index is 0.0950. The van der Waals surface area contributed by atoms with Gasteiger partial charge < -0.3 is 0 Å². The van der Waals surface area contributed by atoms with E-state index in [0.717, 1.165) is 12.2 Å². The first-order valence-electron chi connectivity index (χ1n) is 8.89. The number of benzene rings is 1. The van der Waals surface area contributed by atoms with E-state index in [0.29, 0.717) is 0 Å². The van der Waals surface area contributed by atoms with Crippen molar-refractivity contribution in [3.8, 4) is 0 Å². The van der Waals surface area contributed by atoms with Crippen LogP contribution in [-0.4, -0.2) is 16.4 Å². The molecule has 24 heavy (non-hydrogen) atoms. The standard InChI is InChI=1S/C21H23NOS/c23-18-9-13-20(14-10-18)16-21(11-5-2-6-12-21)22-19(20)24-15-17-7-3-1-4-8-17/h1,3-4,7-10,13-14H,2,5-6,11-12,15-16H2. The molecule has 0 amide bonds. The highest BCUT2D eigenvalue weighted by molar-refractivity contribution is 8.13. The van der Waals surface area contributed by atoms with Crippen LogP contribution in [0.5, 0.6) is 0 Å². The fraction of sp³-hybridized carbons (Fsp3) is 0.429. The lowest BCUT2D eigenvalue weighted by molar-refractivity contribution is -0.110. The van der Waals surface area contributed by atoms with Gasteiger partial charge in [0.15, 0.2) is 5.78 Å². The lowest BCUT2D eigenvalue weighted by Crippen LogP contribution is -2.31. The van der Waals surface area contributed by atoms with Gasteiger partial charge in [-0.15, -0.1) is 11.8 Å². The summed E-state index contributed by atoms with van der Waals surface area (Å²) in [6.45, 7) is 0. The zero-order valence-electron chi connectivity index (χ0n) is 13.9. The van der Waals surface area contributed by atoms with Crippen LogP contribution in [-0.2, 0) is 10.5 Å². The van der Waals surface area contributed by atoms with Gasteiger partial charge >= 0.3 is 0 Å². The summed E-state index contributed by atoms with van der Waals surface area (Å²) in [5.74, 6) is 1.03. The topological polar surface area (TPSA) is 29.4 Å². The van der Waals surface area contributed by atoms with Gasteiger partial charge in [0.05, 0.1) is 16.0 Å². The average molecular weight is 337 g/mol. The molecule has 2 nitrogen and oxygen atoms in total. The van der Waals surface area contributed by atoms with Crippen LogP contribution in [0.1, 0.15) is 44.1 Å². The van der Waals surface area contributed by atoms with Crippen molar-refractivity contribution in [1.29, 1.82) is 0 Å². The van der Waals surface area contributed by atoms with E-state index in [9.17, 15) is 4.79 Å². The monoisotopic (exact) mass is 337 g/mol. The zero-order valence-corrected chi connectivity index (χ0v) is 14.7. The quantitative estimate of drug-likeness (QED) is 0.751. The van der Waals surface area contributed by atoms with Crippen molar-refractivity contribution in [3.63, 3.8) is 0 Å². The Morgan fingerprint density at radius 2 is 1.71 bits per heavy atom. The molecule has 0 saturated heterocycles. The highest BCUT2D eigenvalue weighted by Crippen LogP contribution is 2.52. The lowest BCUT2D eigenvalue weighted by atomic mass is 9.72. The number of ketones is 1. The summed E-state index contributed by atoms with van der Waals surface area (Å²) in [5.41, 5.74) is 1.28. The Labute approximate surface area is 148 Å². The van der Waals surface area contributed by atoms with Crippen molar-refractivity contribution in [2.24, 2.45) is 10.4 Å². The van der Waals surface area contributed by atoms with Gasteiger partial charge in [0.25, 0.3) is 0 Å². The van der Waals surface area contributed by atoms with Crippen LogP contribution in [0.4, 0.5) is 0 Å². The van der Waals surface area contributed by atoms with E-state index in [1.54, 1.807) is 12.2 Å². The molecule has 2 spiro atoms. The number of thioether (sulfide) groups is 1. The van der Waals surface area contributed by atoms with Crippen molar-refractivity contribution < 1.29 is 4.79 Å². The number of allylic oxidation sites excluding steroid dienone is 4. The largest absolute Gasteiger partial charge is 0.290 e. The first kappa shape index (κ1) is 15.9. The van der Waals surface area contributed by atoms with Gasteiger partial charge in [-0.25, -0.2) is 0 Å². The SMILES string of the molecule is O=C1C=CC2(C=C1)CC1(CCCCC1)N=C2SCc1ccccc1. The third kappa shape index (κ3) is 3.02. The summed E-state index contributed by atoms with van der Waals surface area (Å²) in [6.07, 6.45) is 15.0. The molecule has 0 aromatic heterocycles. The summed E-state index contributed by atoms with van der Waals surface area (Å²) >= 11 is 1.85. The van der Waals surface area contributed by atoms with E-state index in [1.165, 1.54) is 42.7 Å². The first-order valence-corrected chi connectivity index (χ1v) is 9.88. The van der Waals surface area contributed by atoms with Crippen LogP contribution < -0.4 is 0 Å². The molecule has 3 heteroatoms. The molecule has 1 aromatic rings. The predicted octanol–water partition coefficient (Wildman–Crippen LogP) is 5.11. The molecular weight excluding hydrogens is 314 g/mol. The maximum Gasteiger partial charge on any atom is 0.178 e. The maximum atomic E-state index is 11.6. The summed E-state index contributed by atoms with van der Waals surface area (Å²) in [5, 5.41) is 1.20. The number of nitrogens with zero attached hydrogens (tertiary/aromatic N) is 1. The second-order valence-electron chi connectivity index (χ2n) is 7.26. The van der Waals surface area contributed by atoms with E-state index < -0.39 is 0 Å². The Bertz CT molecular complexity index is 695. The van der Waals surface area contributed by atoms with Gasteiger partial charge in [-0.2, -0.15) is 0 Å². The predicted molar refractivity (Wildman–Crippen MR) is 101 cm³/mol. The second-order valence-corrected chi connectivity index (χ2v) is 8.23. The highest BCUT2D eigenvalue weighted by Gasteiger charge is 2.49. The van der Waals surface area contributed by atoms with Crippen molar-refractivity contribution >= 4 is 22.6 Å². The van der Waals surface area contributed by atoms with E-state index in [4.69, 9.17) is 4.99 Å². The van der Waals surface area contributed by atoms with Gasteiger partial charge in [-0.3, -0.25) is 9.79 Å². The van der Waals surface area contributed by atoms with Crippen LogP contribution in [0.25, 0.3) is 0 Å². The van der Waals surface area contributed by atoms with Crippen LogP contribution in [0, 0.1) is 5.41 Å². The number of rotatable bonds is 2. The van der Waals surface area contributed by atoms with Gasteiger partial charge in [-0.05, 0) is 37.0 Å². The molecule has 1 fully saturated rings.